The van der Waals surface area contributed by atoms with E-state index in [9.17, 15) is 9.59 Å². The maximum atomic E-state index is 12.3. The number of rotatable bonds is 15. The number of benzene rings is 3. The molecule has 0 heterocycles. The van der Waals surface area contributed by atoms with Gasteiger partial charge in [-0.3, -0.25) is 9.59 Å². The van der Waals surface area contributed by atoms with Gasteiger partial charge in [0.15, 0.2) is 11.6 Å². The van der Waals surface area contributed by atoms with Crippen molar-refractivity contribution < 1.29 is 14.3 Å². The first kappa shape index (κ1) is 31.4. The minimum Gasteiger partial charge on any atom is -0.497 e. The number of carbonyl (C=O) groups excluding carboxylic acids is 2. The molecule has 2 N–H and O–H groups in total. The highest BCUT2D eigenvalue weighted by atomic mass is 16.5. The lowest BCUT2D eigenvalue weighted by molar-refractivity contribution is -0.127. The van der Waals surface area contributed by atoms with E-state index in [2.05, 4.69) is 95.6 Å². The van der Waals surface area contributed by atoms with Gasteiger partial charge in [-0.15, -0.1) is 0 Å². The molecular weight excluding hydrogens is 520 g/mol. The second-order valence-electron chi connectivity index (χ2n) is 12.1. The van der Waals surface area contributed by atoms with E-state index in [1.54, 1.807) is 13.2 Å². The van der Waals surface area contributed by atoms with Crippen molar-refractivity contribution in [3.8, 4) is 5.75 Å². The number of methoxy groups -OCH3 is 1. The molecule has 0 radical (unpaired) electrons. The molecule has 3 aromatic rings. The van der Waals surface area contributed by atoms with Crippen molar-refractivity contribution in [3.05, 3.63) is 113 Å². The Morgan fingerprint density at radius 1 is 0.714 bits per heavy atom. The third kappa shape index (κ3) is 8.05. The van der Waals surface area contributed by atoms with E-state index in [1.165, 1.54) is 16.7 Å². The Bertz CT molecular complexity index is 1250. The number of nitrogens with one attached hydrogen (secondary N) is 2. The van der Waals surface area contributed by atoms with Crippen molar-refractivity contribution in [2.24, 2.45) is 5.41 Å². The molecule has 0 unspecified atom stereocenters. The minimum atomic E-state index is -0.246. The summed E-state index contributed by atoms with van der Waals surface area (Å²) in [6, 6.07) is 30.2. The van der Waals surface area contributed by atoms with Crippen molar-refractivity contribution in [2.75, 3.05) is 33.3 Å². The Kier molecular flexibility index (Phi) is 11.3. The van der Waals surface area contributed by atoms with E-state index in [0.717, 1.165) is 51.1 Å². The standard InChI is InChI=1S/C37H46N2O3/c1-36(2)27-34(40)33(35(41)28-36)21-26-39-25-12-24-38-23-11-10-22-37(29-13-6-4-7-14-29,30-15-8-5-9-16-30)31-17-19-32(42-3)20-18-31/h4-9,13-21,38-39H,10-12,22-28H2,1-3H3. The van der Waals surface area contributed by atoms with E-state index in [4.69, 9.17) is 4.74 Å². The third-order valence-electron chi connectivity index (χ3n) is 8.31. The zero-order valence-electron chi connectivity index (χ0n) is 25.5. The second-order valence-corrected chi connectivity index (χ2v) is 12.1. The molecule has 1 fully saturated rings. The molecule has 5 heteroatoms. The average Bonchev–Trinajstić information content (AvgIpc) is 2.99. The van der Waals surface area contributed by atoms with E-state index in [0.29, 0.717) is 25.0 Å². The fourth-order valence-electron chi connectivity index (χ4n) is 6.14. The molecule has 1 aliphatic carbocycles. The predicted molar refractivity (Wildman–Crippen MR) is 171 cm³/mol. The fourth-order valence-corrected chi connectivity index (χ4v) is 6.14. The van der Waals surface area contributed by atoms with Gasteiger partial charge in [0, 0.05) is 24.8 Å². The molecule has 3 aromatic carbocycles. The number of hydrogen-bond acceptors (Lipinski definition) is 5. The molecule has 0 atom stereocenters. The van der Waals surface area contributed by atoms with Crippen LogP contribution in [-0.4, -0.2) is 44.9 Å². The molecule has 0 spiro atoms. The number of hydrogen-bond donors (Lipinski definition) is 2. The molecule has 222 valence electrons. The quantitative estimate of drug-likeness (QED) is 0.0933. The average molecular weight is 567 g/mol. The van der Waals surface area contributed by atoms with Gasteiger partial charge in [0.1, 0.15) is 5.75 Å². The van der Waals surface area contributed by atoms with Gasteiger partial charge < -0.3 is 15.4 Å². The number of allylic oxidation sites excluding steroid dienone is 1. The molecule has 4 rings (SSSR count). The van der Waals surface area contributed by atoms with E-state index in [1.807, 2.05) is 13.8 Å². The fraction of sp³-hybridized carbons (Fsp3) is 0.405. The van der Waals surface area contributed by atoms with Crippen molar-refractivity contribution >= 4 is 11.6 Å². The van der Waals surface area contributed by atoms with Crippen LogP contribution in [0.3, 0.4) is 0 Å². The minimum absolute atomic E-state index is 0.0183. The summed E-state index contributed by atoms with van der Waals surface area (Å²) in [5.74, 6) is 0.828. The van der Waals surface area contributed by atoms with Gasteiger partial charge in [-0.05, 0) is 73.1 Å². The molecule has 0 saturated heterocycles. The SMILES string of the molecule is COc1ccc(C(CCCCNCCCNCC=C2C(=O)CC(C)(C)CC2=O)(c2ccccc2)c2ccccc2)cc1. The Hall–Kier alpha value is -3.54. The summed E-state index contributed by atoms with van der Waals surface area (Å²) in [7, 11) is 1.71. The summed E-state index contributed by atoms with van der Waals surface area (Å²) in [6.45, 7) is 7.25. The van der Waals surface area contributed by atoms with Crippen molar-refractivity contribution in [2.45, 2.75) is 57.8 Å². The molecule has 1 saturated carbocycles. The van der Waals surface area contributed by atoms with E-state index < -0.39 is 0 Å². The lowest BCUT2D eigenvalue weighted by Crippen LogP contribution is -2.32. The van der Waals surface area contributed by atoms with Crippen LogP contribution in [0.2, 0.25) is 0 Å². The highest BCUT2D eigenvalue weighted by molar-refractivity contribution is 6.22. The van der Waals surface area contributed by atoms with Gasteiger partial charge in [0.2, 0.25) is 0 Å². The van der Waals surface area contributed by atoms with Crippen molar-refractivity contribution in [1.82, 2.24) is 10.6 Å². The smallest absolute Gasteiger partial charge is 0.166 e. The first-order valence-corrected chi connectivity index (χ1v) is 15.3. The van der Waals surface area contributed by atoms with Crippen molar-refractivity contribution in [1.29, 1.82) is 0 Å². The van der Waals surface area contributed by atoms with Crippen LogP contribution >= 0.6 is 0 Å². The molecular formula is C37H46N2O3. The van der Waals surface area contributed by atoms with Gasteiger partial charge in [0.25, 0.3) is 0 Å². The number of Topliss-reactive ketones (excluding diaryl/α,β-unsaturated/α-hetero) is 2. The molecule has 0 bridgehead atoms. The number of ketones is 2. The highest BCUT2D eigenvalue weighted by Crippen LogP contribution is 2.43. The number of carbonyl (C=O) groups is 2. The molecule has 1 aliphatic rings. The molecule has 5 nitrogen and oxygen atoms in total. The van der Waals surface area contributed by atoms with Crippen LogP contribution in [-0.2, 0) is 15.0 Å². The van der Waals surface area contributed by atoms with Gasteiger partial charge in [0.05, 0.1) is 12.7 Å². The Labute approximate surface area is 251 Å². The Balaban J connectivity index is 1.27. The Morgan fingerprint density at radius 3 is 1.81 bits per heavy atom. The topological polar surface area (TPSA) is 67.4 Å². The van der Waals surface area contributed by atoms with Crippen LogP contribution in [0, 0.1) is 5.41 Å². The van der Waals surface area contributed by atoms with Crippen LogP contribution in [0.15, 0.2) is 96.6 Å². The lowest BCUT2D eigenvalue weighted by Gasteiger charge is -2.36. The van der Waals surface area contributed by atoms with Gasteiger partial charge in [-0.2, -0.15) is 0 Å². The molecule has 42 heavy (non-hydrogen) atoms. The van der Waals surface area contributed by atoms with E-state index in [-0.39, 0.29) is 22.4 Å². The normalized spacial score (nSPS) is 15.1. The van der Waals surface area contributed by atoms with Crippen LogP contribution in [0.25, 0.3) is 0 Å². The van der Waals surface area contributed by atoms with Crippen LogP contribution in [0.5, 0.6) is 5.75 Å². The van der Waals surface area contributed by atoms with Crippen LogP contribution in [0.1, 0.15) is 69.1 Å². The first-order chi connectivity index (χ1) is 20.4. The summed E-state index contributed by atoms with van der Waals surface area (Å²) in [5, 5.41) is 6.94. The van der Waals surface area contributed by atoms with Gasteiger partial charge in [-0.1, -0.05) is 99.1 Å². The van der Waals surface area contributed by atoms with Gasteiger partial charge >= 0.3 is 0 Å². The Morgan fingerprint density at radius 2 is 1.24 bits per heavy atom. The lowest BCUT2D eigenvalue weighted by atomic mass is 9.66. The first-order valence-electron chi connectivity index (χ1n) is 15.3. The highest BCUT2D eigenvalue weighted by Gasteiger charge is 2.36. The van der Waals surface area contributed by atoms with Crippen LogP contribution in [0.4, 0.5) is 0 Å². The zero-order chi connectivity index (χ0) is 29.8. The van der Waals surface area contributed by atoms with Crippen LogP contribution < -0.4 is 15.4 Å². The second kappa shape index (κ2) is 15.1. The number of ether oxygens (including phenoxy) is 1. The van der Waals surface area contributed by atoms with Gasteiger partial charge in [-0.25, -0.2) is 0 Å². The monoisotopic (exact) mass is 566 g/mol. The van der Waals surface area contributed by atoms with Crippen molar-refractivity contribution in [3.63, 3.8) is 0 Å². The summed E-state index contributed by atoms with van der Waals surface area (Å²) in [6.07, 6.45) is 6.83. The summed E-state index contributed by atoms with van der Waals surface area (Å²) >= 11 is 0. The summed E-state index contributed by atoms with van der Waals surface area (Å²) in [5.41, 5.74) is 3.80. The largest absolute Gasteiger partial charge is 0.497 e. The van der Waals surface area contributed by atoms with E-state index >= 15 is 0 Å². The summed E-state index contributed by atoms with van der Waals surface area (Å²) < 4.78 is 5.46. The molecule has 0 amide bonds. The number of unbranched alkanes of at least 4 members (excludes halogenated alkanes) is 1. The summed E-state index contributed by atoms with van der Waals surface area (Å²) in [4.78, 5) is 24.6. The third-order valence-corrected chi connectivity index (χ3v) is 8.31. The molecule has 0 aliphatic heterocycles. The maximum Gasteiger partial charge on any atom is 0.166 e. The molecule has 0 aromatic heterocycles. The predicted octanol–water partition coefficient (Wildman–Crippen LogP) is 6.65. The zero-order valence-corrected chi connectivity index (χ0v) is 25.5. The maximum absolute atomic E-state index is 12.3.